The number of ether oxygens (including phenoxy) is 1. The van der Waals surface area contributed by atoms with E-state index in [0.29, 0.717) is 0 Å². The molecule has 0 aliphatic rings. The average Bonchev–Trinajstić information content (AvgIpc) is 2.72. The van der Waals surface area contributed by atoms with Gasteiger partial charge in [0.25, 0.3) is 0 Å². The smallest absolute Gasteiger partial charge is 0.356 e. The Morgan fingerprint density at radius 3 is 1.70 bits per heavy atom. The Balaban J connectivity index is 2.51. The van der Waals surface area contributed by atoms with E-state index in [4.69, 9.17) is 22.8 Å². The van der Waals surface area contributed by atoms with Crippen molar-refractivity contribution in [2.75, 3.05) is 33.5 Å². The van der Waals surface area contributed by atoms with Gasteiger partial charge >= 0.3 is 15.2 Å². The summed E-state index contributed by atoms with van der Waals surface area (Å²) in [4.78, 5) is 0.747. The number of hydrogen-bond acceptors (Lipinski definition) is 8. The molecule has 0 amide bonds. The van der Waals surface area contributed by atoms with Gasteiger partial charge in [-0.25, -0.2) is 0 Å². The molecule has 0 saturated carbocycles. The monoisotopic (exact) mass is 476 g/mol. The van der Waals surface area contributed by atoms with E-state index >= 15 is 0 Å². The lowest BCUT2D eigenvalue weighted by atomic mass is 10.1. The molecule has 2 aromatic carbocycles. The van der Waals surface area contributed by atoms with Gasteiger partial charge in [0.15, 0.2) is 0 Å². The van der Waals surface area contributed by atoms with Gasteiger partial charge in [-0.1, -0.05) is 23.9 Å². The normalized spacial score (nSPS) is 12.6. The number of benzene rings is 2. The van der Waals surface area contributed by atoms with E-state index in [1.807, 2.05) is 36.4 Å². The topological polar surface area (TPSA) is 80.3 Å². The molecule has 2 aromatic rings. The standard InChI is InChI=1S/C20H30O7P2S/c1-6-24-28(21,25-7-2)20(29(22,26-8-3)27-9-4)30-19-13-11-16-14-18(23-5)12-10-17(16)15-19/h10-15,20H,6-9H2,1-5H3. The van der Waals surface area contributed by atoms with E-state index in [0.717, 1.165) is 33.2 Å². The molecule has 0 atom stereocenters. The summed E-state index contributed by atoms with van der Waals surface area (Å²) in [6.45, 7) is 7.42. The lowest BCUT2D eigenvalue weighted by Gasteiger charge is -2.30. The highest BCUT2D eigenvalue weighted by Gasteiger charge is 2.51. The predicted octanol–water partition coefficient (Wildman–Crippen LogP) is 6.76. The highest BCUT2D eigenvalue weighted by Crippen LogP contribution is 2.74. The first-order valence-corrected chi connectivity index (χ1v) is 14.0. The molecule has 0 aliphatic carbocycles. The van der Waals surface area contributed by atoms with Gasteiger partial charge in [-0.2, -0.15) is 0 Å². The Kier molecular flexibility index (Phi) is 9.89. The third-order valence-corrected chi connectivity index (χ3v) is 12.2. The molecule has 30 heavy (non-hydrogen) atoms. The van der Waals surface area contributed by atoms with Crippen molar-refractivity contribution < 1.29 is 32.0 Å². The minimum absolute atomic E-state index is 0.143. The van der Waals surface area contributed by atoms with Gasteiger partial charge in [0, 0.05) is 4.90 Å². The van der Waals surface area contributed by atoms with Crippen LogP contribution in [0.4, 0.5) is 0 Å². The predicted molar refractivity (Wildman–Crippen MR) is 122 cm³/mol. The highest BCUT2D eigenvalue weighted by molar-refractivity contribution is 8.12. The molecule has 168 valence electrons. The molecule has 0 N–H and O–H groups in total. The van der Waals surface area contributed by atoms with Crippen LogP contribution in [-0.2, 0) is 27.2 Å². The van der Waals surface area contributed by atoms with Crippen molar-refractivity contribution in [2.24, 2.45) is 0 Å². The molecule has 10 heteroatoms. The van der Waals surface area contributed by atoms with Crippen molar-refractivity contribution in [3.8, 4) is 5.75 Å². The minimum Gasteiger partial charge on any atom is -0.497 e. The number of rotatable bonds is 13. The van der Waals surface area contributed by atoms with E-state index in [1.165, 1.54) is 0 Å². The second-order valence-corrected chi connectivity index (χ2v) is 12.6. The van der Waals surface area contributed by atoms with Crippen LogP contribution in [0.15, 0.2) is 41.3 Å². The highest BCUT2D eigenvalue weighted by atomic mass is 32.2. The Morgan fingerprint density at radius 1 is 0.767 bits per heavy atom. The van der Waals surface area contributed by atoms with Crippen LogP contribution in [0.2, 0.25) is 0 Å². The summed E-state index contributed by atoms with van der Waals surface area (Å²) < 4.78 is 53.5. The SMILES string of the molecule is CCOP(=O)(OCC)C(Sc1ccc2cc(OC)ccc2c1)P(=O)(OCC)OCC. The van der Waals surface area contributed by atoms with Crippen molar-refractivity contribution in [2.45, 2.75) is 37.3 Å². The molecule has 0 saturated heterocycles. The van der Waals surface area contributed by atoms with Crippen LogP contribution in [-0.4, -0.2) is 38.3 Å². The van der Waals surface area contributed by atoms with Gasteiger partial charge in [-0.3, -0.25) is 9.13 Å². The molecule has 0 aromatic heterocycles. The lowest BCUT2D eigenvalue weighted by Crippen LogP contribution is -2.15. The van der Waals surface area contributed by atoms with E-state index in [2.05, 4.69) is 0 Å². The van der Waals surface area contributed by atoms with Gasteiger partial charge in [0.2, 0.25) is 4.73 Å². The zero-order chi connectivity index (χ0) is 22.2. The molecule has 0 spiro atoms. The Labute approximate surface area is 182 Å². The molecule has 0 unspecified atom stereocenters. The van der Waals surface area contributed by atoms with Crippen LogP contribution in [0.1, 0.15) is 27.7 Å². The fourth-order valence-corrected chi connectivity index (χ4v) is 10.2. The molecule has 7 nitrogen and oxygen atoms in total. The maximum absolute atomic E-state index is 13.6. The third kappa shape index (κ3) is 6.10. The van der Waals surface area contributed by atoms with E-state index in [1.54, 1.807) is 34.8 Å². The fourth-order valence-electron chi connectivity index (χ4n) is 2.88. The summed E-state index contributed by atoms with van der Waals surface area (Å²) in [5.74, 6) is 0.759. The summed E-state index contributed by atoms with van der Waals surface area (Å²) >= 11 is 1.13. The van der Waals surface area contributed by atoms with Crippen molar-refractivity contribution >= 4 is 37.7 Å². The van der Waals surface area contributed by atoms with E-state index < -0.39 is 19.9 Å². The first-order chi connectivity index (χ1) is 14.4. The largest absolute Gasteiger partial charge is 0.497 e. The van der Waals surface area contributed by atoms with Crippen LogP contribution in [0.25, 0.3) is 10.8 Å². The van der Waals surface area contributed by atoms with Gasteiger partial charge in [0.05, 0.1) is 33.5 Å². The molecule has 0 bridgehead atoms. The van der Waals surface area contributed by atoms with Gasteiger partial charge in [-0.15, -0.1) is 0 Å². The number of thioether (sulfide) groups is 1. The Hall–Kier alpha value is -0.850. The summed E-state index contributed by atoms with van der Waals surface area (Å²) in [6.07, 6.45) is 0. The number of hydrogen-bond donors (Lipinski definition) is 0. The van der Waals surface area contributed by atoms with Gasteiger partial charge in [-0.05, 0) is 62.7 Å². The molecule has 0 fully saturated rings. The first-order valence-electron chi connectivity index (χ1n) is 9.87. The van der Waals surface area contributed by atoms with E-state index in [9.17, 15) is 9.13 Å². The van der Waals surface area contributed by atoms with E-state index in [-0.39, 0.29) is 26.4 Å². The molecule has 0 radical (unpaired) electrons. The molecular weight excluding hydrogens is 446 g/mol. The van der Waals surface area contributed by atoms with Gasteiger partial charge < -0.3 is 22.8 Å². The maximum atomic E-state index is 13.6. The molecule has 0 aliphatic heterocycles. The second kappa shape index (κ2) is 11.7. The molecular formula is C20H30O7P2S. The van der Waals surface area contributed by atoms with Crippen LogP contribution in [0.3, 0.4) is 0 Å². The van der Waals surface area contributed by atoms with Gasteiger partial charge in [0.1, 0.15) is 5.75 Å². The minimum atomic E-state index is -3.82. The van der Waals surface area contributed by atoms with Crippen molar-refractivity contribution in [1.82, 2.24) is 0 Å². The summed E-state index contributed by atoms with van der Waals surface area (Å²) in [7, 11) is -6.02. The summed E-state index contributed by atoms with van der Waals surface area (Å²) in [5.41, 5.74) is 0. The summed E-state index contributed by atoms with van der Waals surface area (Å²) in [5, 5.41) is 1.95. The van der Waals surface area contributed by atoms with Crippen LogP contribution in [0, 0.1) is 0 Å². The zero-order valence-corrected chi connectivity index (χ0v) is 20.6. The zero-order valence-electron chi connectivity index (χ0n) is 18.0. The quantitative estimate of drug-likeness (QED) is 0.232. The fraction of sp³-hybridized carbons (Fsp3) is 0.500. The second-order valence-electron chi connectivity index (χ2n) is 6.07. The first kappa shape index (κ1) is 25.4. The Morgan fingerprint density at radius 2 is 1.23 bits per heavy atom. The van der Waals surface area contributed by atoms with Crippen LogP contribution < -0.4 is 4.74 Å². The maximum Gasteiger partial charge on any atom is 0.356 e. The van der Waals surface area contributed by atoms with Crippen molar-refractivity contribution in [3.63, 3.8) is 0 Å². The summed E-state index contributed by atoms with van der Waals surface area (Å²) in [6, 6.07) is 11.4. The molecule has 0 heterocycles. The van der Waals surface area contributed by atoms with Crippen molar-refractivity contribution in [1.29, 1.82) is 0 Å². The molecule has 2 rings (SSSR count). The number of fused-ring (bicyclic) bond motifs is 1. The average molecular weight is 476 g/mol. The third-order valence-electron chi connectivity index (χ3n) is 4.04. The van der Waals surface area contributed by atoms with Crippen LogP contribution in [0.5, 0.6) is 5.75 Å². The Bertz CT molecular complexity index is 871. The van der Waals surface area contributed by atoms with Crippen molar-refractivity contribution in [3.05, 3.63) is 36.4 Å². The van der Waals surface area contributed by atoms with Crippen LogP contribution >= 0.6 is 27.0 Å². The number of methoxy groups -OCH3 is 1. The lowest BCUT2D eigenvalue weighted by molar-refractivity contribution is 0.203.